The van der Waals surface area contributed by atoms with E-state index in [4.69, 9.17) is 14.6 Å². The molecule has 4 aromatic rings. The molecule has 1 N–H and O–H groups in total. The number of halogens is 3. The number of thiazole rings is 1. The van der Waals surface area contributed by atoms with Crippen molar-refractivity contribution in [2.75, 3.05) is 0 Å². The largest absolute Gasteiger partial charge is 0.490 e. The SMILES string of the molecule is N#CC(c1ccnc(OCc2ccncc2)n1)c1nc2ccccc2s1.O=C(O)C(F)(F)F. The summed E-state index contributed by atoms with van der Waals surface area (Å²) >= 11 is 1.50. The first-order valence-electron chi connectivity index (χ1n) is 9.17. The number of pyridine rings is 1. The average Bonchev–Trinajstić information content (AvgIpc) is 3.23. The quantitative estimate of drug-likeness (QED) is 0.454. The summed E-state index contributed by atoms with van der Waals surface area (Å²) in [5.41, 5.74) is 2.43. The molecule has 0 aliphatic rings. The summed E-state index contributed by atoms with van der Waals surface area (Å²) < 4.78 is 38.4. The Labute approximate surface area is 189 Å². The Hall–Kier alpha value is -4.11. The number of fused-ring (bicyclic) bond motifs is 1. The fourth-order valence-corrected chi connectivity index (χ4v) is 3.50. The summed E-state index contributed by atoms with van der Waals surface area (Å²) in [6.45, 7) is 0.338. The van der Waals surface area contributed by atoms with Crippen molar-refractivity contribution in [1.29, 1.82) is 5.26 Å². The number of hydrogen-bond acceptors (Lipinski definition) is 8. The van der Waals surface area contributed by atoms with Gasteiger partial charge in [-0.3, -0.25) is 4.98 Å². The van der Waals surface area contributed by atoms with Crippen LogP contribution >= 0.6 is 11.3 Å². The van der Waals surface area contributed by atoms with Crippen LogP contribution in [0.4, 0.5) is 13.2 Å². The second kappa shape index (κ2) is 10.5. The van der Waals surface area contributed by atoms with E-state index in [0.717, 1.165) is 15.8 Å². The summed E-state index contributed by atoms with van der Waals surface area (Å²) in [5, 5.41) is 17.5. The van der Waals surface area contributed by atoms with Crippen LogP contribution in [0.1, 0.15) is 22.2 Å². The van der Waals surface area contributed by atoms with Crippen LogP contribution in [-0.2, 0) is 11.4 Å². The van der Waals surface area contributed by atoms with Gasteiger partial charge in [-0.25, -0.2) is 14.8 Å². The van der Waals surface area contributed by atoms with Crippen LogP contribution in [0.3, 0.4) is 0 Å². The van der Waals surface area contributed by atoms with Gasteiger partial charge in [-0.15, -0.1) is 11.3 Å². The Kier molecular flexibility index (Phi) is 7.47. The highest BCUT2D eigenvalue weighted by Crippen LogP contribution is 2.31. The van der Waals surface area contributed by atoms with E-state index in [2.05, 4.69) is 26.0 Å². The normalized spacial score (nSPS) is 11.7. The maximum absolute atomic E-state index is 10.6. The van der Waals surface area contributed by atoms with Crippen molar-refractivity contribution >= 4 is 27.5 Å². The highest BCUT2D eigenvalue weighted by molar-refractivity contribution is 7.18. The first kappa shape index (κ1) is 23.6. The molecule has 3 heterocycles. The standard InChI is InChI=1S/C19H13N5OS.C2HF3O2/c20-11-14(18-23-16-3-1-2-4-17(16)26-18)15-7-10-22-19(24-15)25-12-13-5-8-21-9-6-13;3-2(4,5)1(6)7/h1-10,14H,12H2;(H,6,7). The molecule has 0 spiro atoms. The number of nitriles is 1. The molecule has 33 heavy (non-hydrogen) atoms. The number of benzene rings is 1. The summed E-state index contributed by atoms with van der Waals surface area (Å²) in [6, 6.07) is 15.8. The van der Waals surface area contributed by atoms with E-state index >= 15 is 0 Å². The minimum Gasteiger partial charge on any atom is -0.475 e. The number of alkyl halides is 3. The zero-order chi connectivity index (χ0) is 23.8. The summed E-state index contributed by atoms with van der Waals surface area (Å²) in [5.74, 6) is -3.31. The van der Waals surface area contributed by atoms with Gasteiger partial charge in [-0.2, -0.15) is 23.4 Å². The molecule has 8 nitrogen and oxygen atoms in total. The molecular weight excluding hydrogens is 459 g/mol. The van der Waals surface area contributed by atoms with Gasteiger partial charge >= 0.3 is 18.2 Å². The van der Waals surface area contributed by atoms with E-state index < -0.39 is 18.1 Å². The average molecular weight is 473 g/mol. The predicted molar refractivity (Wildman–Crippen MR) is 111 cm³/mol. The number of aromatic nitrogens is 4. The monoisotopic (exact) mass is 473 g/mol. The number of hydrogen-bond donors (Lipinski definition) is 1. The molecule has 1 aromatic carbocycles. The van der Waals surface area contributed by atoms with Gasteiger partial charge in [0, 0.05) is 18.6 Å². The second-order valence-corrected chi connectivity index (χ2v) is 7.36. The van der Waals surface area contributed by atoms with Crippen molar-refractivity contribution in [3.63, 3.8) is 0 Å². The fourth-order valence-electron chi connectivity index (χ4n) is 2.47. The fraction of sp³-hybridized carbons (Fsp3) is 0.143. The Morgan fingerprint density at radius 2 is 1.82 bits per heavy atom. The molecule has 1 atom stereocenters. The molecule has 0 amide bonds. The van der Waals surface area contributed by atoms with Gasteiger partial charge in [0.25, 0.3) is 0 Å². The number of rotatable bonds is 5. The summed E-state index contributed by atoms with van der Waals surface area (Å²) in [6.07, 6.45) is -0.0779. The summed E-state index contributed by atoms with van der Waals surface area (Å²) in [7, 11) is 0. The van der Waals surface area contributed by atoms with E-state index in [9.17, 15) is 18.4 Å². The maximum atomic E-state index is 10.6. The predicted octanol–water partition coefficient (Wildman–Crippen LogP) is 4.35. The molecular formula is C21H14F3N5O3S. The van der Waals surface area contributed by atoms with Crippen LogP contribution in [0.25, 0.3) is 10.2 Å². The van der Waals surface area contributed by atoms with Gasteiger partial charge < -0.3 is 9.84 Å². The number of carboxylic acids is 1. The second-order valence-electron chi connectivity index (χ2n) is 6.29. The Bertz CT molecular complexity index is 1240. The van der Waals surface area contributed by atoms with Gasteiger partial charge in [-0.1, -0.05) is 12.1 Å². The van der Waals surface area contributed by atoms with Crippen LogP contribution in [0, 0.1) is 11.3 Å². The zero-order valence-corrected chi connectivity index (χ0v) is 17.4. The lowest BCUT2D eigenvalue weighted by atomic mass is 10.1. The Balaban J connectivity index is 0.000000383. The highest BCUT2D eigenvalue weighted by Gasteiger charge is 2.38. The smallest absolute Gasteiger partial charge is 0.475 e. The van der Waals surface area contributed by atoms with E-state index in [1.807, 2.05) is 36.4 Å². The van der Waals surface area contributed by atoms with Crippen LogP contribution in [0.2, 0.25) is 0 Å². The van der Waals surface area contributed by atoms with Crippen molar-refractivity contribution < 1.29 is 27.8 Å². The molecule has 1 unspecified atom stereocenters. The number of para-hydroxylation sites is 1. The third kappa shape index (κ3) is 6.44. The highest BCUT2D eigenvalue weighted by atomic mass is 32.1. The topological polar surface area (TPSA) is 122 Å². The number of nitrogens with zero attached hydrogens (tertiary/aromatic N) is 5. The van der Waals surface area contributed by atoms with E-state index in [1.54, 1.807) is 24.7 Å². The molecule has 168 valence electrons. The number of carboxylic acid groups (broad SMARTS) is 1. The lowest BCUT2D eigenvalue weighted by molar-refractivity contribution is -0.192. The van der Waals surface area contributed by atoms with Crippen LogP contribution < -0.4 is 4.74 Å². The third-order valence-corrected chi connectivity index (χ3v) is 5.10. The van der Waals surface area contributed by atoms with Gasteiger partial charge in [0.1, 0.15) is 17.5 Å². The van der Waals surface area contributed by atoms with Gasteiger partial charge in [0.15, 0.2) is 0 Å². The minimum atomic E-state index is -5.08. The lowest BCUT2D eigenvalue weighted by Gasteiger charge is -2.08. The molecule has 0 saturated heterocycles. The summed E-state index contributed by atoms with van der Waals surface area (Å²) in [4.78, 5) is 26.0. The van der Waals surface area contributed by atoms with Crippen molar-refractivity contribution in [3.8, 4) is 12.1 Å². The van der Waals surface area contributed by atoms with E-state index in [1.165, 1.54) is 11.3 Å². The van der Waals surface area contributed by atoms with Crippen molar-refractivity contribution in [1.82, 2.24) is 19.9 Å². The number of aliphatic carboxylic acids is 1. The molecule has 0 bridgehead atoms. The maximum Gasteiger partial charge on any atom is 0.490 e. The molecule has 0 radical (unpaired) electrons. The van der Waals surface area contributed by atoms with Crippen molar-refractivity contribution in [3.05, 3.63) is 77.3 Å². The van der Waals surface area contributed by atoms with Crippen molar-refractivity contribution in [2.24, 2.45) is 0 Å². The van der Waals surface area contributed by atoms with E-state index in [0.29, 0.717) is 17.3 Å². The van der Waals surface area contributed by atoms with Gasteiger partial charge in [0.05, 0.1) is 22.0 Å². The molecule has 0 aliphatic heterocycles. The van der Waals surface area contributed by atoms with Gasteiger partial charge in [0.2, 0.25) is 0 Å². The van der Waals surface area contributed by atoms with E-state index in [-0.39, 0.29) is 6.01 Å². The molecule has 0 fully saturated rings. The van der Waals surface area contributed by atoms with Crippen LogP contribution in [-0.4, -0.2) is 37.2 Å². The Morgan fingerprint density at radius 3 is 2.45 bits per heavy atom. The molecule has 0 saturated carbocycles. The molecule has 4 rings (SSSR count). The molecule has 3 aromatic heterocycles. The van der Waals surface area contributed by atoms with Crippen LogP contribution in [0.5, 0.6) is 6.01 Å². The first-order valence-corrected chi connectivity index (χ1v) is 9.99. The zero-order valence-electron chi connectivity index (χ0n) is 16.6. The third-order valence-electron chi connectivity index (χ3n) is 4.00. The Morgan fingerprint density at radius 1 is 1.12 bits per heavy atom. The molecule has 12 heteroatoms. The number of carbonyl (C=O) groups is 1. The van der Waals surface area contributed by atoms with Crippen LogP contribution in [0.15, 0.2) is 61.1 Å². The first-order chi connectivity index (χ1) is 15.8. The molecule has 0 aliphatic carbocycles. The van der Waals surface area contributed by atoms with Gasteiger partial charge in [-0.05, 0) is 35.9 Å². The minimum absolute atomic E-state index is 0.237. The van der Waals surface area contributed by atoms with Crippen molar-refractivity contribution in [2.45, 2.75) is 18.7 Å². The lowest BCUT2D eigenvalue weighted by Crippen LogP contribution is -2.21. The number of ether oxygens (including phenoxy) is 1.